The quantitative estimate of drug-likeness (QED) is 0.748. The van der Waals surface area contributed by atoms with Crippen molar-refractivity contribution in [1.29, 1.82) is 0 Å². The zero-order chi connectivity index (χ0) is 14.4. The second kappa shape index (κ2) is 3.77. The van der Waals surface area contributed by atoms with Crippen molar-refractivity contribution in [3.8, 4) is 0 Å². The van der Waals surface area contributed by atoms with Crippen LogP contribution in [0.25, 0.3) is 11.0 Å². The van der Waals surface area contributed by atoms with Crippen molar-refractivity contribution in [1.82, 2.24) is 15.3 Å². The van der Waals surface area contributed by atoms with Gasteiger partial charge in [0.1, 0.15) is 0 Å². The number of benzene rings is 1. The zero-order valence-electron chi connectivity index (χ0n) is 12.2. The highest BCUT2D eigenvalue weighted by molar-refractivity contribution is 5.96. The van der Waals surface area contributed by atoms with Crippen molar-refractivity contribution in [2.45, 2.75) is 0 Å². The average Bonchev–Trinajstić information content (AvgIpc) is 2.57. The van der Waals surface area contributed by atoms with Crippen LogP contribution in [-0.2, 0) is 0 Å². The molecule has 0 spiro atoms. The van der Waals surface area contributed by atoms with Gasteiger partial charge in [0.05, 0.1) is 23.0 Å². The highest BCUT2D eigenvalue weighted by Crippen LogP contribution is 2.14. The van der Waals surface area contributed by atoms with Gasteiger partial charge in [-0.2, -0.15) is 0 Å². The van der Waals surface area contributed by atoms with Gasteiger partial charge in [0, 0.05) is 24.6 Å². The number of anilines is 1. The van der Waals surface area contributed by atoms with Gasteiger partial charge in [-0.25, -0.2) is 0 Å². The number of nitrogens with zero attached hydrogens (tertiary/aromatic N) is 3. The molecule has 2 N–H and O–H groups in total. The van der Waals surface area contributed by atoms with Crippen LogP contribution in [0.2, 0.25) is 0 Å². The van der Waals surface area contributed by atoms with E-state index in [1.54, 1.807) is 30.6 Å². The summed E-state index contributed by atoms with van der Waals surface area (Å²) >= 11 is 0. The first-order chi connectivity index (χ1) is 9.37. The average molecular weight is 217 g/mol. The van der Waals surface area contributed by atoms with Crippen LogP contribution in [0.1, 0.15) is 5.48 Å². The molecule has 0 saturated heterocycles. The van der Waals surface area contributed by atoms with Crippen LogP contribution >= 0.6 is 0 Å². The topological polar surface area (TPSA) is 62.2 Å². The van der Waals surface area contributed by atoms with E-state index < -0.39 is 13.0 Å². The maximum Gasteiger partial charge on any atom is 0.195 e. The highest BCUT2D eigenvalue weighted by atomic mass is 15.2. The van der Waals surface area contributed by atoms with Crippen LogP contribution in [0.4, 0.5) is 5.69 Å². The molecule has 0 aliphatic carbocycles. The van der Waals surface area contributed by atoms with E-state index >= 15 is 0 Å². The van der Waals surface area contributed by atoms with Gasteiger partial charge in [-0.1, -0.05) is 0 Å². The second-order valence-electron chi connectivity index (χ2n) is 3.21. The Hall–Kier alpha value is -2.17. The van der Waals surface area contributed by atoms with Crippen molar-refractivity contribution >= 4 is 22.7 Å². The summed E-state index contributed by atoms with van der Waals surface area (Å²) in [5.74, 6) is 0.0447. The highest BCUT2D eigenvalue weighted by Gasteiger charge is 2.05. The van der Waals surface area contributed by atoms with Gasteiger partial charge in [0.15, 0.2) is 5.96 Å². The molecule has 0 unspecified atom stereocenters. The molecule has 1 aromatic carbocycles. The molecular weight excluding hydrogens is 202 g/mol. The number of fused-ring (bicyclic) bond motifs is 1. The van der Waals surface area contributed by atoms with E-state index in [-0.39, 0.29) is 5.96 Å². The van der Waals surface area contributed by atoms with Gasteiger partial charge in [-0.3, -0.25) is 15.0 Å². The van der Waals surface area contributed by atoms with E-state index in [1.165, 1.54) is 0 Å². The van der Waals surface area contributed by atoms with E-state index in [1.807, 2.05) is 0 Å². The molecule has 5 nitrogen and oxygen atoms in total. The number of hydrogen-bond acceptors (Lipinski definition) is 5. The summed E-state index contributed by atoms with van der Waals surface area (Å²) in [7, 11) is 0. The lowest BCUT2D eigenvalue weighted by Crippen LogP contribution is -2.26. The largest absolute Gasteiger partial charge is 0.354 e. The molecule has 1 aliphatic heterocycles. The zero-order valence-corrected chi connectivity index (χ0v) is 8.23. The molecule has 0 bridgehead atoms. The fourth-order valence-electron chi connectivity index (χ4n) is 1.44. The molecule has 16 heavy (non-hydrogen) atoms. The molecule has 5 heteroatoms. The minimum Gasteiger partial charge on any atom is -0.354 e. The number of rotatable bonds is 1. The first-order valence-electron chi connectivity index (χ1n) is 6.73. The van der Waals surface area contributed by atoms with Gasteiger partial charge in [-0.05, 0) is 18.2 Å². The minimum atomic E-state index is -2.31. The lowest BCUT2D eigenvalue weighted by Gasteiger charge is -2.06. The number of aliphatic imine (C=N–C) groups is 1. The molecule has 1 aromatic heterocycles. The Balaban J connectivity index is 1.88. The van der Waals surface area contributed by atoms with Gasteiger partial charge in [0.25, 0.3) is 0 Å². The lowest BCUT2D eigenvalue weighted by atomic mass is 10.2. The number of hydrogen-bond donors (Lipinski definition) is 2. The first-order valence-corrected chi connectivity index (χ1v) is 4.73. The van der Waals surface area contributed by atoms with Crippen LogP contribution in [0.15, 0.2) is 35.6 Å². The molecule has 0 saturated carbocycles. The summed E-state index contributed by atoms with van der Waals surface area (Å²) in [6, 6.07) is 5.24. The van der Waals surface area contributed by atoms with Crippen LogP contribution in [-0.4, -0.2) is 28.9 Å². The molecule has 0 atom stereocenters. The molecule has 1 aliphatic rings. The minimum absolute atomic E-state index is 0.0447. The summed E-state index contributed by atoms with van der Waals surface area (Å²) in [5, 5.41) is 5.21. The second-order valence-corrected chi connectivity index (χ2v) is 3.21. The van der Waals surface area contributed by atoms with Gasteiger partial charge in [0.2, 0.25) is 0 Å². The lowest BCUT2D eigenvalue weighted by molar-refractivity contribution is 0.959. The summed E-state index contributed by atoms with van der Waals surface area (Å²) in [5.41, 5.74) is 2.05. The van der Waals surface area contributed by atoms with E-state index in [4.69, 9.17) is 5.48 Å². The van der Waals surface area contributed by atoms with Crippen LogP contribution in [0.3, 0.4) is 0 Å². The normalized spacial score (nSPS) is 24.6. The van der Waals surface area contributed by atoms with Crippen LogP contribution in [0, 0.1) is 0 Å². The third kappa shape index (κ3) is 1.67. The maximum absolute atomic E-state index is 7.52. The van der Waals surface area contributed by atoms with Crippen molar-refractivity contribution in [2.24, 2.45) is 4.99 Å². The molecule has 2 aromatic rings. The fraction of sp³-hybridized carbons (Fsp3) is 0.182. The Morgan fingerprint density at radius 1 is 1.25 bits per heavy atom. The number of nitrogens with one attached hydrogen (secondary N) is 2. The number of aromatic nitrogens is 2. The Morgan fingerprint density at radius 3 is 2.94 bits per heavy atom. The molecule has 80 valence electrons. The van der Waals surface area contributed by atoms with E-state index in [0.29, 0.717) is 11.2 Å². The smallest absolute Gasteiger partial charge is 0.195 e. The van der Waals surface area contributed by atoms with E-state index in [0.717, 1.165) is 5.52 Å². The van der Waals surface area contributed by atoms with E-state index in [2.05, 4.69) is 25.6 Å². The Kier molecular flexibility index (Phi) is 1.36. The third-order valence-corrected chi connectivity index (χ3v) is 2.14. The van der Waals surface area contributed by atoms with Crippen molar-refractivity contribution in [2.75, 3.05) is 18.3 Å². The molecule has 0 fully saturated rings. The predicted octanol–water partition coefficient (Wildman–Crippen LogP) is 1.00. The predicted molar refractivity (Wildman–Crippen MR) is 63.5 cm³/mol. The van der Waals surface area contributed by atoms with Crippen molar-refractivity contribution in [3.63, 3.8) is 0 Å². The fourth-order valence-corrected chi connectivity index (χ4v) is 1.44. The molecule has 0 radical (unpaired) electrons. The summed E-state index contributed by atoms with van der Waals surface area (Å²) < 4.78 is 30.0. The number of guanidine groups is 1. The Labute approximate surface area is 98.3 Å². The molecule has 2 heterocycles. The Morgan fingerprint density at radius 2 is 2.12 bits per heavy atom. The maximum atomic E-state index is 7.52. The van der Waals surface area contributed by atoms with Crippen LogP contribution in [0.5, 0.6) is 0 Å². The SMILES string of the molecule is [2H]C1([2H])N=C(Nc2ccc3nccnc3c2)NC1([2H])[2H]. The van der Waals surface area contributed by atoms with Crippen LogP contribution < -0.4 is 10.6 Å². The molecule has 0 amide bonds. The van der Waals surface area contributed by atoms with Crippen molar-refractivity contribution in [3.05, 3.63) is 30.6 Å². The van der Waals surface area contributed by atoms with Gasteiger partial charge >= 0.3 is 0 Å². The standard InChI is InChI=1S/C11H11N5/c1-2-9-10(13-4-3-12-9)7-8(1)16-11-14-5-6-15-11/h1-4,7H,5-6H2,(H2,14,15,16)/i5D2,6D2. The monoisotopic (exact) mass is 217 g/mol. The summed E-state index contributed by atoms with van der Waals surface area (Å²) in [6.45, 7) is -4.56. The summed E-state index contributed by atoms with van der Waals surface area (Å²) in [4.78, 5) is 12.0. The summed E-state index contributed by atoms with van der Waals surface area (Å²) in [6.07, 6.45) is 3.18. The van der Waals surface area contributed by atoms with Gasteiger partial charge < -0.3 is 10.6 Å². The van der Waals surface area contributed by atoms with Crippen molar-refractivity contribution < 1.29 is 5.48 Å². The third-order valence-electron chi connectivity index (χ3n) is 2.14. The molecule has 3 rings (SSSR count). The first kappa shape index (κ1) is 5.79. The molecular formula is C11H11N5. The Bertz CT molecular complexity index is 700. The van der Waals surface area contributed by atoms with Gasteiger partial charge in [-0.15, -0.1) is 0 Å². The van der Waals surface area contributed by atoms with E-state index in [9.17, 15) is 0 Å².